The van der Waals surface area contributed by atoms with Crippen LogP contribution < -0.4 is 4.74 Å². The van der Waals surface area contributed by atoms with E-state index in [0.29, 0.717) is 0 Å². The third kappa shape index (κ3) is 3.35. The molecule has 1 fully saturated rings. The normalized spacial score (nSPS) is 20.3. The first-order chi connectivity index (χ1) is 10.6. The summed E-state index contributed by atoms with van der Waals surface area (Å²) >= 11 is 0. The van der Waals surface area contributed by atoms with Gasteiger partial charge in [0.1, 0.15) is 0 Å². The standard InChI is InChI=1S/C16H22BFO5/c1-15(2)16(3,4)23-17(22-15)11(9-13(19)20)10-7-6-8-12(21-5)14(10)18/h6-8,11H,9H2,1-5H3,(H,19,20). The monoisotopic (exact) mass is 324 g/mol. The van der Waals surface area contributed by atoms with Crippen LogP contribution in [-0.2, 0) is 14.1 Å². The molecule has 0 amide bonds. The van der Waals surface area contributed by atoms with Crippen molar-refractivity contribution in [3.05, 3.63) is 29.6 Å². The molecule has 1 unspecified atom stereocenters. The number of halogens is 1. The quantitative estimate of drug-likeness (QED) is 0.844. The molecule has 1 saturated heterocycles. The average molecular weight is 324 g/mol. The van der Waals surface area contributed by atoms with Gasteiger partial charge in [-0.15, -0.1) is 0 Å². The van der Waals surface area contributed by atoms with Crippen LogP contribution in [0.15, 0.2) is 18.2 Å². The highest BCUT2D eigenvalue weighted by atomic mass is 19.1. The molecule has 1 N–H and O–H groups in total. The van der Waals surface area contributed by atoms with Crippen molar-refractivity contribution >= 4 is 13.1 Å². The van der Waals surface area contributed by atoms with Crippen LogP contribution in [0, 0.1) is 5.82 Å². The molecule has 0 bridgehead atoms. The lowest BCUT2D eigenvalue weighted by Crippen LogP contribution is -2.41. The molecule has 0 saturated carbocycles. The van der Waals surface area contributed by atoms with Crippen LogP contribution in [0.1, 0.15) is 45.5 Å². The van der Waals surface area contributed by atoms with Crippen LogP contribution in [-0.4, -0.2) is 36.5 Å². The van der Waals surface area contributed by atoms with Crippen LogP contribution in [0.25, 0.3) is 0 Å². The lowest BCUT2D eigenvalue weighted by atomic mass is 9.66. The van der Waals surface area contributed by atoms with Crippen molar-refractivity contribution in [3.8, 4) is 5.75 Å². The second kappa shape index (κ2) is 6.13. The smallest absolute Gasteiger partial charge is 0.466 e. The highest BCUT2D eigenvalue weighted by Gasteiger charge is 2.54. The molecule has 0 aliphatic carbocycles. The van der Waals surface area contributed by atoms with Crippen LogP contribution >= 0.6 is 0 Å². The Bertz CT molecular complexity index is 586. The second-order valence-electron chi connectivity index (χ2n) is 6.69. The van der Waals surface area contributed by atoms with E-state index in [1.165, 1.54) is 19.2 Å². The van der Waals surface area contributed by atoms with E-state index in [2.05, 4.69) is 0 Å². The fraction of sp³-hybridized carbons (Fsp3) is 0.562. The minimum absolute atomic E-state index is 0.0643. The molecule has 2 rings (SSSR count). The predicted octanol–water partition coefficient (Wildman–Crippen LogP) is 3.02. The fourth-order valence-corrected chi connectivity index (χ4v) is 2.57. The number of rotatable bonds is 5. The Kier molecular flexibility index (Phi) is 4.73. The summed E-state index contributed by atoms with van der Waals surface area (Å²) in [5.41, 5.74) is -1.03. The molecule has 126 valence electrons. The van der Waals surface area contributed by atoms with Gasteiger partial charge in [0, 0.05) is 5.82 Å². The Morgan fingerprint density at radius 3 is 2.35 bits per heavy atom. The molecule has 0 aromatic heterocycles. The molecule has 1 heterocycles. The SMILES string of the molecule is COc1cccc(C(CC(=O)O)B2OC(C)(C)C(C)(C)O2)c1F. The van der Waals surface area contributed by atoms with E-state index in [1.54, 1.807) is 6.07 Å². The van der Waals surface area contributed by atoms with Gasteiger partial charge in [-0.2, -0.15) is 0 Å². The first-order valence-corrected chi connectivity index (χ1v) is 7.49. The summed E-state index contributed by atoms with van der Waals surface area (Å²) in [5, 5.41) is 9.22. The minimum atomic E-state index is -1.05. The van der Waals surface area contributed by atoms with Gasteiger partial charge in [0.25, 0.3) is 0 Å². The topological polar surface area (TPSA) is 65.0 Å². The summed E-state index contributed by atoms with van der Waals surface area (Å²) in [5.74, 6) is -2.35. The van der Waals surface area contributed by atoms with Crippen molar-refractivity contribution in [2.75, 3.05) is 7.11 Å². The maximum absolute atomic E-state index is 14.6. The van der Waals surface area contributed by atoms with Gasteiger partial charge >= 0.3 is 13.1 Å². The molecular weight excluding hydrogens is 302 g/mol. The maximum atomic E-state index is 14.6. The number of hydrogen-bond acceptors (Lipinski definition) is 4. The van der Waals surface area contributed by atoms with Crippen molar-refractivity contribution in [2.24, 2.45) is 0 Å². The molecule has 0 radical (unpaired) electrons. The average Bonchev–Trinajstić information content (AvgIpc) is 2.65. The zero-order valence-corrected chi connectivity index (χ0v) is 14.1. The lowest BCUT2D eigenvalue weighted by Gasteiger charge is -2.32. The number of carboxylic acids is 1. The van der Waals surface area contributed by atoms with E-state index in [0.717, 1.165) is 0 Å². The molecular formula is C16H22BFO5. The second-order valence-corrected chi connectivity index (χ2v) is 6.69. The van der Waals surface area contributed by atoms with Crippen molar-refractivity contribution in [3.63, 3.8) is 0 Å². The zero-order valence-electron chi connectivity index (χ0n) is 14.1. The summed E-state index contributed by atoms with van der Waals surface area (Å²) in [4.78, 5) is 11.3. The first-order valence-electron chi connectivity index (χ1n) is 7.49. The lowest BCUT2D eigenvalue weighted by molar-refractivity contribution is -0.137. The Balaban J connectivity index is 2.42. The van der Waals surface area contributed by atoms with E-state index in [-0.39, 0.29) is 17.7 Å². The van der Waals surface area contributed by atoms with Crippen LogP contribution in [0.3, 0.4) is 0 Å². The fourth-order valence-electron chi connectivity index (χ4n) is 2.57. The van der Waals surface area contributed by atoms with Gasteiger partial charge in [-0.05, 0) is 39.3 Å². The Hall–Kier alpha value is -1.60. The number of carboxylic acid groups (broad SMARTS) is 1. The number of hydrogen-bond donors (Lipinski definition) is 1. The van der Waals surface area contributed by atoms with Gasteiger partial charge in [0.2, 0.25) is 0 Å². The van der Waals surface area contributed by atoms with Crippen LogP contribution in [0.2, 0.25) is 0 Å². The molecule has 1 aliphatic rings. The molecule has 5 nitrogen and oxygen atoms in total. The minimum Gasteiger partial charge on any atom is -0.494 e. The van der Waals surface area contributed by atoms with E-state index < -0.39 is 35.9 Å². The van der Waals surface area contributed by atoms with Gasteiger partial charge in [0.15, 0.2) is 11.6 Å². The van der Waals surface area contributed by atoms with Gasteiger partial charge in [-0.1, -0.05) is 12.1 Å². The summed E-state index contributed by atoms with van der Waals surface area (Å²) in [7, 11) is 0.515. The van der Waals surface area contributed by atoms with Crippen LogP contribution in [0.5, 0.6) is 5.75 Å². The highest BCUT2D eigenvalue weighted by molar-refractivity contribution is 6.48. The van der Waals surface area contributed by atoms with E-state index in [9.17, 15) is 14.3 Å². The van der Waals surface area contributed by atoms with E-state index >= 15 is 0 Å². The molecule has 1 aromatic rings. The van der Waals surface area contributed by atoms with E-state index in [1.807, 2.05) is 27.7 Å². The summed E-state index contributed by atoms with van der Waals surface area (Å²) in [6.45, 7) is 7.47. The Morgan fingerprint density at radius 2 is 1.87 bits per heavy atom. The van der Waals surface area contributed by atoms with Gasteiger partial charge in [-0.3, -0.25) is 4.79 Å². The molecule has 1 aromatic carbocycles. The molecule has 1 aliphatic heterocycles. The molecule has 1 atom stereocenters. The van der Waals surface area contributed by atoms with E-state index in [4.69, 9.17) is 14.0 Å². The van der Waals surface area contributed by atoms with Crippen molar-refractivity contribution in [1.82, 2.24) is 0 Å². The Morgan fingerprint density at radius 1 is 1.30 bits per heavy atom. The summed E-state index contributed by atoms with van der Waals surface area (Å²) < 4.78 is 31.4. The van der Waals surface area contributed by atoms with Gasteiger partial charge in [-0.25, -0.2) is 4.39 Å². The van der Waals surface area contributed by atoms with Crippen molar-refractivity contribution < 1.29 is 28.3 Å². The molecule has 7 heteroatoms. The maximum Gasteiger partial charge on any atom is 0.466 e. The van der Waals surface area contributed by atoms with Crippen molar-refractivity contribution in [1.29, 1.82) is 0 Å². The van der Waals surface area contributed by atoms with Gasteiger partial charge in [0.05, 0.1) is 24.7 Å². The first kappa shape index (κ1) is 17.8. The summed E-state index contributed by atoms with van der Waals surface area (Å²) in [6, 6.07) is 4.65. The highest BCUT2D eigenvalue weighted by Crippen LogP contribution is 2.42. The largest absolute Gasteiger partial charge is 0.494 e. The number of aliphatic carboxylic acids is 1. The Labute approximate surface area is 135 Å². The van der Waals surface area contributed by atoms with Crippen molar-refractivity contribution in [2.45, 2.75) is 51.1 Å². The number of methoxy groups -OCH3 is 1. The summed E-state index contributed by atoms with van der Waals surface area (Å²) in [6.07, 6.45) is -0.305. The molecule has 0 spiro atoms. The predicted molar refractivity (Wildman–Crippen MR) is 84.0 cm³/mol. The molecule has 23 heavy (non-hydrogen) atoms. The third-order valence-electron chi connectivity index (χ3n) is 4.61. The number of ether oxygens (including phenoxy) is 1. The zero-order chi connectivity index (χ0) is 17.4. The van der Waals surface area contributed by atoms with Gasteiger partial charge < -0.3 is 19.2 Å². The number of benzene rings is 1. The number of carbonyl (C=O) groups is 1. The third-order valence-corrected chi connectivity index (χ3v) is 4.61. The van der Waals surface area contributed by atoms with Crippen LogP contribution in [0.4, 0.5) is 4.39 Å².